The van der Waals surface area contributed by atoms with Gasteiger partial charge in [-0.1, -0.05) is 23.7 Å². The molecule has 1 heterocycles. The highest BCUT2D eigenvalue weighted by Crippen LogP contribution is 2.25. The van der Waals surface area contributed by atoms with Gasteiger partial charge in [-0.15, -0.1) is 11.3 Å². The molecule has 0 fully saturated rings. The van der Waals surface area contributed by atoms with Gasteiger partial charge in [-0.05, 0) is 29.8 Å². The first-order valence-electron chi connectivity index (χ1n) is 6.87. The normalized spacial score (nSPS) is 10.9. The van der Waals surface area contributed by atoms with Crippen LogP contribution in [0.5, 0.6) is 0 Å². The third-order valence-electron chi connectivity index (χ3n) is 3.12. The summed E-state index contributed by atoms with van der Waals surface area (Å²) >= 11 is 7.30. The van der Waals surface area contributed by atoms with Gasteiger partial charge in [0, 0.05) is 28.1 Å². The van der Waals surface area contributed by atoms with Crippen molar-refractivity contribution in [2.75, 3.05) is 5.43 Å². The topological polar surface area (TPSA) is 80.4 Å². The zero-order valence-corrected chi connectivity index (χ0v) is 13.8. The number of nitrogens with one attached hydrogen (secondary N) is 1. The Balaban J connectivity index is 1.64. The summed E-state index contributed by atoms with van der Waals surface area (Å²) in [7, 11) is 0. The molecule has 1 N–H and O–H groups in total. The number of benzene rings is 2. The maximum Gasteiger partial charge on any atom is 0.269 e. The first kappa shape index (κ1) is 16.1. The molecule has 0 saturated carbocycles. The van der Waals surface area contributed by atoms with E-state index in [9.17, 15) is 10.1 Å². The van der Waals surface area contributed by atoms with E-state index in [1.54, 1.807) is 18.3 Å². The predicted octanol–water partition coefficient (Wildman–Crippen LogP) is 4.82. The monoisotopic (exact) mass is 358 g/mol. The molecule has 0 bridgehead atoms. The number of hydrogen-bond acceptors (Lipinski definition) is 6. The first-order valence-corrected chi connectivity index (χ1v) is 8.12. The largest absolute Gasteiger partial charge is 0.269 e. The van der Waals surface area contributed by atoms with Gasteiger partial charge in [0.25, 0.3) is 5.69 Å². The molecule has 8 heteroatoms. The molecule has 0 spiro atoms. The summed E-state index contributed by atoms with van der Waals surface area (Å²) in [5, 5.41) is 17.9. The quantitative estimate of drug-likeness (QED) is 0.403. The van der Waals surface area contributed by atoms with Gasteiger partial charge in [0.05, 0.1) is 16.8 Å². The van der Waals surface area contributed by atoms with Crippen LogP contribution in [0.1, 0.15) is 5.56 Å². The van der Waals surface area contributed by atoms with Crippen LogP contribution in [0, 0.1) is 10.1 Å². The van der Waals surface area contributed by atoms with Gasteiger partial charge in [-0.3, -0.25) is 15.5 Å². The zero-order chi connectivity index (χ0) is 16.9. The van der Waals surface area contributed by atoms with Gasteiger partial charge in [-0.25, -0.2) is 4.98 Å². The summed E-state index contributed by atoms with van der Waals surface area (Å²) in [5.74, 6) is 0. The van der Waals surface area contributed by atoms with Crippen LogP contribution in [-0.4, -0.2) is 16.1 Å². The fraction of sp³-hybridized carbons (Fsp3) is 0. The van der Waals surface area contributed by atoms with Gasteiger partial charge in [0.15, 0.2) is 0 Å². The lowest BCUT2D eigenvalue weighted by atomic mass is 10.2. The molecular weight excluding hydrogens is 348 g/mol. The molecule has 0 saturated heterocycles. The predicted molar refractivity (Wildman–Crippen MR) is 96.9 cm³/mol. The van der Waals surface area contributed by atoms with E-state index in [0.717, 1.165) is 16.8 Å². The van der Waals surface area contributed by atoms with Crippen molar-refractivity contribution < 1.29 is 4.92 Å². The smallest absolute Gasteiger partial charge is 0.258 e. The Morgan fingerprint density at radius 1 is 1.17 bits per heavy atom. The molecule has 3 aromatic rings. The van der Waals surface area contributed by atoms with Crippen LogP contribution in [0.4, 0.5) is 10.8 Å². The third-order valence-corrected chi connectivity index (χ3v) is 4.12. The van der Waals surface area contributed by atoms with Crippen molar-refractivity contribution in [2.45, 2.75) is 0 Å². The van der Waals surface area contributed by atoms with E-state index in [-0.39, 0.29) is 5.69 Å². The number of halogens is 1. The molecule has 0 aliphatic heterocycles. The fourth-order valence-electron chi connectivity index (χ4n) is 1.92. The van der Waals surface area contributed by atoms with Gasteiger partial charge >= 0.3 is 0 Å². The molecule has 3 rings (SSSR count). The van der Waals surface area contributed by atoms with Crippen molar-refractivity contribution in [2.24, 2.45) is 5.10 Å². The minimum atomic E-state index is -0.437. The van der Waals surface area contributed by atoms with E-state index < -0.39 is 4.92 Å². The SMILES string of the molecule is O=[N+]([O-])c1ccc(C=NNc2nc(-c3ccc(Cl)cc3)cs2)cc1. The van der Waals surface area contributed by atoms with Crippen molar-refractivity contribution in [3.63, 3.8) is 0 Å². The summed E-state index contributed by atoms with van der Waals surface area (Å²) < 4.78 is 0. The van der Waals surface area contributed by atoms with Crippen molar-refractivity contribution >= 4 is 40.0 Å². The van der Waals surface area contributed by atoms with Crippen molar-refractivity contribution in [1.29, 1.82) is 0 Å². The lowest BCUT2D eigenvalue weighted by Gasteiger charge is -1.97. The average molecular weight is 359 g/mol. The van der Waals surface area contributed by atoms with Crippen LogP contribution in [-0.2, 0) is 0 Å². The number of non-ortho nitro benzene ring substituents is 1. The van der Waals surface area contributed by atoms with Crippen molar-refractivity contribution in [3.05, 3.63) is 74.6 Å². The molecule has 6 nitrogen and oxygen atoms in total. The first-order chi connectivity index (χ1) is 11.6. The highest BCUT2D eigenvalue weighted by Gasteiger charge is 2.04. The molecule has 1 aromatic heterocycles. The van der Waals surface area contributed by atoms with Crippen LogP contribution in [0.2, 0.25) is 5.02 Å². The molecule has 24 heavy (non-hydrogen) atoms. The summed E-state index contributed by atoms with van der Waals surface area (Å²) in [4.78, 5) is 14.6. The van der Waals surface area contributed by atoms with Crippen LogP contribution >= 0.6 is 22.9 Å². The molecule has 0 aliphatic carbocycles. The summed E-state index contributed by atoms with van der Waals surface area (Å²) in [5.41, 5.74) is 5.46. The Morgan fingerprint density at radius 3 is 2.54 bits per heavy atom. The maximum atomic E-state index is 10.6. The van der Waals surface area contributed by atoms with Crippen molar-refractivity contribution in [3.8, 4) is 11.3 Å². The highest BCUT2D eigenvalue weighted by molar-refractivity contribution is 7.14. The molecule has 0 aliphatic rings. The minimum Gasteiger partial charge on any atom is -0.258 e. The second-order valence-electron chi connectivity index (χ2n) is 4.76. The van der Waals surface area contributed by atoms with E-state index in [2.05, 4.69) is 15.5 Å². The fourth-order valence-corrected chi connectivity index (χ4v) is 2.72. The van der Waals surface area contributed by atoms with E-state index in [1.165, 1.54) is 23.5 Å². The van der Waals surface area contributed by atoms with Gasteiger partial charge in [0.2, 0.25) is 5.13 Å². The number of nitro groups is 1. The molecule has 0 unspecified atom stereocenters. The van der Waals surface area contributed by atoms with E-state index in [0.29, 0.717) is 10.2 Å². The third kappa shape index (κ3) is 3.95. The average Bonchev–Trinajstić information content (AvgIpc) is 3.05. The number of hydrazone groups is 1. The lowest BCUT2D eigenvalue weighted by molar-refractivity contribution is -0.384. The van der Waals surface area contributed by atoms with Crippen LogP contribution in [0.25, 0.3) is 11.3 Å². The van der Waals surface area contributed by atoms with Gasteiger partial charge in [-0.2, -0.15) is 5.10 Å². The maximum absolute atomic E-state index is 10.6. The Kier molecular flexibility index (Phi) is 4.83. The van der Waals surface area contributed by atoms with Gasteiger partial charge in [0.1, 0.15) is 0 Å². The van der Waals surface area contributed by atoms with E-state index in [1.807, 2.05) is 29.6 Å². The number of nitro benzene ring substituents is 1. The minimum absolute atomic E-state index is 0.0487. The van der Waals surface area contributed by atoms with Crippen molar-refractivity contribution in [1.82, 2.24) is 4.98 Å². The second kappa shape index (κ2) is 7.20. The van der Waals surface area contributed by atoms with Crippen LogP contribution < -0.4 is 5.43 Å². The molecule has 0 radical (unpaired) electrons. The standard InChI is InChI=1S/C16H11ClN4O2S/c17-13-5-3-12(4-6-13)15-10-24-16(19-15)20-18-9-11-1-7-14(8-2-11)21(22)23/h1-10H,(H,19,20). The van der Waals surface area contributed by atoms with E-state index >= 15 is 0 Å². The summed E-state index contributed by atoms with van der Waals surface area (Å²) in [6, 6.07) is 13.6. The van der Waals surface area contributed by atoms with Gasteiger partial charge < -0.3 is 0 Å². The lowest BCUT2D eigenvalue weighted by Crippen LogP contribution is -1.91. The number of rotatable bonds is 5. The van der Waals surface area contributed by atoms with Crippen LogP contribution in [0.15, 0.2) is 59.0 Å². The highest BCUT2D eigenvalue weighted by atomic mass is 35.5. The Morgan fingerprint density at radius 2 is 1.88 bits per heavy atom. The van der Waals surface area contributed by atoms with Crippen LogP contribution in [0.3, 0.4) is 0 Å². The Hall–Kier alpha value is -2.77. The number of nitrogens with zero attached hydrogens (tertiary/aromatic N) is 3. The number of hydrogen-bond donors (Lipinski definition) is 1. The number of aromatic nitrogens is 1. The summed E-state index contributed by atoms with van der Waals surface area (Å²) in [6.07, 6.45) is 1.58. The van der Waals surface area contributed by atoms with E-state index in [4.69, 9.17) is 11.6 Å². The second-order valence-corrected chi connectivity index (χ2v) is 6.06. The number of thiazole rings is 1. The summed E-state index contributed by atoms with van der Waals surface area (Å²) in [6.45, 7) is 0. The molecule has 2 aromatic carbocycles. The Bertz CT molecular complexity index is 876. The Labute approximate surface area is 146 Å². The molecule has 0 atom stereocenters. The molecule has 0 amide bonds. The number of anilines is 1. The molecular formula is C16H11ClN4O2S. The zero-order valence-electron chi connectivity index (χ0n) is 12.2. The molecule has 120 valence electrons.